The average molecular weight is 408 g/mol. The molecule has 0 bridgehead atoms. The fraction of sp³-hybridized carbons (Fsp3) is 0.500. The van der Waals surface area contributed by atoms with Crippen molar-refractivity contribution in [1.29, 1.82) is 0 Å². The Morgan fingerprint density at radius 1 is 1.14 bits per heavy atom. The second-order valence-corrected chi connectivity index (χ2v) is 10.1. The molecule has 1 aliphatic rings. The van der Waals surface area contributed by atoms with Crippen molar-refractivity contribution in [3.05, 3.63) is 47.9 Å². The zero-order valence-corrected chi connectivity index (χ0v) is 17.2. The zero-order chi connectivity index (χ0) is 20.4. The van der Waals surface area contributed by atoms with Crippen molar-refractivity contribution >= 4 is 10.0 Å². The van der Waals surface area contributed by atoms with Crippen LogP contribution < -0.4 is 4.74 Å². The van der Waals surface area contributed by atoms with Crippen LogP contribution in [0, 0.1) is 11.7 Å². The van der Waals surface area contributed by atoms with Gasteiger partial charge in [-0.3, -0.25) is 0 Å². The highest BCUT2D eigenvalue weighted by Gasteiger charge is 2.30. The largest absolute Gasteiger partial charge is 0.476 e. The van der Waals surface area contributed by atoms with Crippen LogP contribution >= 0.6 is 0 Å². The van der Waals surface area contributed by atoms with E-state index in [9.17, 15) is 12.8 Å². The summed E-state index contributed by atoms with van der Waals surface area (Å²) in [4.78, 5) is -0.00332. The molecule has 0 radical (unpaired) electrons. The summed E-state index contributed by atoms with van der Waals surface area (Å²) in [7, 11) is -3.66. The van der Waals surface area contributed by atoms with Gasteiger partial charge < -0.3 is 4.74 Å². The first-order chi connectivity index (χ1) is 13.2. The lowest BCUT2D eigenvalue weighted by atomic mass is 9.92. The van der Waals surface area contributed by atoms with Crippen LogP contribution in [0.25, 0.3) is 0 Å². The lowest BCUT2D eigenvalue weighted by molar-refractivity contribution is 0.179. The highest BCUT2D eigenvalue weighted by atomic mass is 32.2. The van der Waals surface area contributed by atoms with E-state index in [-0.39, 0.29) is 16.2 Å². The van der Waals surface area contributed by atoms with E-state index in [1.165, 1.54) is 22.5 Å². The number of rotatable bonds is 5. The van der Waals surface area contributed by atoms with E-state index in [2.05, 4.69) is 31.0 Å². The molecule has 152 valence electrons. The Hall–Kier alpha value is -2.06. The molecule has 28 heavy (non-hydrogen) atoms. The van der Waals surface area contributed by atoms with E-state index in [1.807, 2.05) is 12.1 Å². The van der Waals surface area contributed by atoms with Crippen LogP contribution in [0.15, 0.2) is 41.3 Å². The summed E-state index contributed by atoms with van der Waals surface area (Å²) in [6.45, 7) is 7.47. The molecule has 1 aromatic heterocycles. The van der Waals surface area contributed by atoms with Gasteiger partial charge in [0.25, 0.3) is 0 Å². The molecule has 2 aromatic rings. The summed E-state index contributed by atoms with van der Waals surface area (Å²) in [6, 6.07) is 8.86. The molecule has 0 aliphatic carbocycles. The Morgan fingerprint density at radius 2 is 1.86 bits per heavy atom. The van der Waals surface area contributed by atoms with E-state index in [0.29, 0.717) is 38.4 Å². The van der Waals surface area contributed by atoms with Gasteiger partial charge in [0.05, 0.1) is 17.2 Å². The first-order valence-electron chi connectivity index (χ1n) is 9.39. The average Bonchev–Trinajstić information content (AvgIpc) is 2.66. The number of nitrogens with zero attached hydrogens (tertiary/aromatic N) is 3. The van der Waals surface area contributed by atoms with Crippen molar-refractivity contribution < 1.29 is 17.5 Å². The standard InChI is InChI=1S/C20H26FN3O3S/c1-20(2,3)18-7-8-19(23-22-18)27-14-15-9-11-24(12-10-15)28(25,26)17-6-4-5-16(21)13-17/h4-8,13,15H,9-12,14H2,1-3H3. The quantitative estimate of drug-likeness (QED) is 0.760. The second-order valence-electron chi connectivity index (χ2n) is 8.12. The SMILES string of the molecule is CC(C)(C)c1ccc(OCC2CCN(S(=O)(=O)c3cccc(F)c3)CC2)nn1. The minimum atomic E-state index is -3.66. The summed E-state index contributed by atoms with van der Waals surface area (Å²) in [5, 5.41) is 8.32. The summed E-state index contributed by atoms with van der Waals surface area (Å²) >= 11 is 0. The smallest absolute Gasteiger partial charge is 0.243 e. The number of ether oxygens (including phenoxy) is 1. The monoisotopic (exact) mass is 407 g/mol. The van der Waals surface area contributed by atoms with Crippen LogP contribution in [0.1, 0.15) is 39.3 Å². The summed E-state index contributed by atoms with van der Waals surface area (Å²) in [5.74, 6) is 0.161. The molecule has 0 atom stereocenters. The van der Waals surface area contributed by atoms with Crippen molar-refractivity contribution in [2.75, 3.05) is 19.7 Å². The lowest BCUT2D eigenvalue weighted by Gasteiger charge is -2.31. The van der Waals surface area contributed by atoms with Crippen LogP contribution in [0.2, 0.25) is 0 Å². The molecule has 6 nitrogen and oxygen atoms in total. The minimum absolute atomic E-state index is 0.00332. The summed E-state index contributed by atoms with van der Waals surface area (Å²) < 4.78 is 45.8. The molecule has 0 saturated carbocycles. The number of hydrogen-bond acceptors (Lipinski definition) is 5. The predicted molar refractivity (Wildman–Crippen MR) is 104 cm³/mol. The number of benzene rings is 1. The van der Waals surface area contributed by atoms with E-state index in [4.69, 9.17) is 4.74 Å². The van der Waals surface area contributed by atoms with Gasteiger partial charge >= 0.3 is 0 Å². The van der Waals surface area contributed by atoms with Gasteiger partial charge in [0.15, 0.2) is 0 Å². The van der Waals surface area contributed by atoms with Crippen molar-refractivity contribution in [2.24, 2.45) is 5.92 Å². The van der Waals surface area contributed by atoms with Crippen LogP contribution in [0.5, 0.6) is 5.88 Å². The van der Waals surface area contributed by atoms with Gasteiger partial charge in [0.2, 0.25) is 15.9 Å². The Morgan fingerprint density at radius 3 is 2.43 bits per heavy atom. The second kappa shape index (κ2) is 8.13. The van der Waals surface area contributed by atoms with Gasteiger partial charge in [0, 0.05) is 24.6 Å². The van der Waals surface area contributed by atoms with Gasteiger partial charge in [-0.15, -0.1) is 5.10 Å². The minimum Gasteiger partial charge on any atom is -0.476 e. The van der Waals surface area contributed by atoms with Crippen LogP contribution in [0.3, 0.4) is 0 Å². The van der Waals surface area contributed by atoms with Gasteiger partial charge in [0.1, 0.15) is 5.82 Å². The summed E-state index contributed by atoms with van der Waals surface area (Å²) in [6.07, 6.45) is 1.37. The number of halogens is 1. The normalized spacial score (nSPS) is 16.9. The van der Waals surface area contributed by atoms with Crippen molar-refractivity contribution in [3.8, 4) is 5.88 Å². The predicted octanol–water partition coefficient (Wildman–Crippen LogP) is 3.39. The fourth-order valence-electron chi connectivity index (χ4n) is 3.09. The number of aromatic nitrogens is 2. The van der Waals surface area contributed by atoms with Gasteiger partial charge in [-0.25, -0.2) is 12.8 Å². The number of sulfonamides is 1. The Balaban J connectivity index is 1.53. The highest BCUT2D eigenvalue weighted by molar-refractivity contribution is 7.89. The third-order valence-corrected chi connectivity index (χ3v) is 6.78. The first kappa shape index (κ1) is 20.7. The molecule has 3 rings (SSSR count). The van der Waals surface area contributed by atoms with Gasteiger partial charge in [-0.2, -0.15) is 9.40 Å². The van der Waals surface area contributed by atoms with E-state index < -0.39 is 15.8 Å². The Kier molecular flexibility index (Phi) is 6.00. The molecule has 0 spiro atoms. The third-order valence-electron chi connectivity index (χ3n) is 4.88. The topological polar surface area (TPSA) is 72.4 Å². The fourth-order valence-corrected chi connectivity index (χ4v) is 4.59. The molecule has 0 unspecified atom stereocenters. The van der Waals surface area contributed by atoms with Gasteiger partial charge in [-0.05, 0) is 43.0 Å². The molecule has 1 saturated heterocycles. The molecule has 1 fully saturated rings. The van der Waals surface area contributed by atoms with Crippen molar-refractivity contribution in [2.45, 2.75) is 43.9 Å². The Bertz CT molecular complexity index is 903. The Labute approximate surface area is 165 Å². The van der Waals surface area contributed by atoms with Crippen molar-refractivity contribution in [1.82, 2.24) is 14.5 Å². The molecular weight excluding hydrogens is 381 g/mol. The van der Waals surface area contributed by atoms with Crippen LogP contribution in [0.4, 0.5) is 4.39 Å². The summed E-state index contributed by atoms with van der Waals surface area (Å²) in [5.41, 5.74) is 0.835. The van der Waals surface area contributed by atoms with Crippen LogP contribution in [-0.4, -0.2) is 42.6 Å². The molecule has 0 N–H and O–H groups in total. The number of piperidine rings is 1. The van der Waals surface area contributed by atoms with Gasteiger partial charge in [-0.1, -0.05) is 26.8 Å². The molecule has 2 heterocycles. The van der Waals surface area contributed by atoms with E-state index in [1.54, 1.807) is 0 Å². The van der Waals surface area contributed by atoms with Crippen molar-refractivity contribution in [3.63, 3.8) is 0 Å². The molecule has 0 amide bonds. The van der Waals surface area contributed by atoms with E-state index >= 15 is 0 Å². The lowest BCUT2D eigenvalue weighted by Crippen LogP contribution is -2.39. The molecule has 8 heteroatoms. The zero-order valence-electron chi connectivity index (χ0n) is 16.4. The maximum absolute atomic E-state index is 13.4. The first-order valence-corrected chi connectivity index (χ1v) is 10.8. The third kappa shape index (κ3) is 4.86. The molecular formula is C20H26FN3O3S. The maximum atomic E-state index is 13.4. The number of hydrogen-bond donors (Lipinski definition) is 0. The molecule has 1 aliphatic heterocycles. The van der Waals surface area contributed by atoms with Crippen LogP contribution in [-0.2, 0) is 15.4 Å². The highest BCUT2D eigenvalue weighted by Crippen LogP contribution is 2.25. The molecule has 1 aromatic carbocycles. The van der Waals surface area contributed by atoms with E-state index in [0.717, 1.165) is 11.8 Å². The maximum Gasteiger partial charge on any atom is 0.243 e.